The number of carbonyl (C=O) groups is 2. The molecule has 0 spiro atoms. The summed E-state index contributed by atoms with van der Waals surface area (Å²) < 4.78 is 27.8. The van der Waals surface area contributed by atoms with Crippen molar-refractivity contribution in [3.8, 4) is 11.4 Å². The van der Waals surface area contributed by atoms with E-state index in [9.17, 15) is 24.9 Å². The number of nitrogens with two attached hydrogens (primary N) is 1. The molecule has 1 aliphatic rings. The molecule has 0 aliphatic carbocycles. The van der Waals surface area contributed by atoms with Crippen LogP contribution in [0.15, 0.2) is 35.7 Å². The predicted octanol–water partition coefficient (Wildman–Crippen LogP) is 0.0797. The maximum Gasteiger partial charge on any atom is 0.348 e. The van der Waals surface area contributed by atoms with Crippen molar-refractivity contribution in [1.82, 2.24) is 40.1 Å². The minimum absolute atomic E-state index is 0.0510. The lowest BCUT2D eigenvalue weighted by Gasteiger charge is -2.29. The van der Waals surface area contributed by atoms with Gasteiger partial charge < -0.3 is 30.5 Å². The van der Waals surface area contributed by atoms with E-state index < -0.39 is 61.1 Å². The number of benzene rings is 1. The van der Waals surface area contributed by atoms with Gasteiger partial charge in [0.1, 0.15) is 24.3 Å². The number of hydrogen-bond donors (Lipinski definition) is 5. The zero-order chi connectivity index (χ0) is 29.4. The number of ether oxygens (including phenoxy) is 2. The number of nitrogens with one attached hydrogen (secondary N) is 1. The van der Waals surface area contributed by atoms with Crippen LogP contribution in [0, 0.1) is 0 Å². The summed E-state index contributed by atoms with van der Waals surface area (Å²) in [5.41, 5.74) is 12.0. The summed E-state index contributed by atoms with van der Waals surface area (Å²) >= 11 is 0. The highest BCUT2D eigenvalue weighted by Crippen LogP contribution is 2.37. The molecule has 0 radical (unpaired) electrons. The first-order chi connectivity index (χ1) is 19.6. The Hall–Kier alpha value is -5.30. The maximum absolute atomic E-state index is 16.2. The molecular weight excluding hydrogens is 551 g/mol. The summed E-state index contributed by atoms with van der Waals surface area (Å²) in [5.74, 6) is -6.79. The van der Waals surface area contributed by atoms with Crippen LogP contribution in [-0.4, -0.2) is 98.4 Å². The summed E-state index contributed by atoms with van der Waals surface area (Å²) in [7, 11) is 0. The topological polar surface area (TPSA) is 286 Å². The molecule has 212 valence electrons. The fourth-order valence-corrected chi connectivity index (χ4v) is 4.34. The second-order valence-corrected chi connectivity index (χ2v) is 8.87. The van der Waals surface area contributed by atoms with E-state index >= 15 is 4.39 Å². The number of nitrogen functional groups attached to an aromatic ring is 1. The monoisotopic (exact) mass is 570 g/mol. The number of aliphatic hydroxyl groups is 1. The lowest BCUT2D eigenvalue weighted by molar-refractivity contribution is -0.188. The number of halogens is 1. The van der Waals surface area contributed by atoms with Gasteiger partial charge in [0, 0.05) is 16.9 Å². The number of nitrogens with zero attached hydrogens (tertiary/aromatic N) is 10. The summed E-state index contributed by atoms with van der Waals surface area (Å²) in [6, 6.07) is 6.12. The standard InChI is InChI=1S/C21H19FN12O7/c22-21(34-8-25-12-14(23)26-19(30-31-24)27-16(12)34)7-40-11(13(21)35)6-41-20(17(36)37,18(38)39)5-9-2-1-3-10(4-9)15-28-32-33-29-15/h1-4,8,11,13,35H,5-7H2,(H,36,37)(H,38,39)(H2,23,26,27)(H,28,29,32,33)/t11-,13-,21-/m1/s1. The van der Waals surface area contributed by atoms with E-state index in [1.165, 1.54) is 12.1 Å². The molecule has 4 aromatic rings. The SMILES string of the molecule is [N-]=[N+]=Nc1nc(N)c2ncn([C@]3(F)CO[C@H](COC(Cc4cccc(-c5nnn[nH]5)c4)(C(=O)O)C(=O)O)[C@H]3O)c2n1. The second kappa shape index (κ2) is 10.4. The summed E-state index contributed by atoms with van der Waals surface area (Å²) in [5, 5.41) is 47.2. The van der Waals surface area contributed by atoms with E-state index in [1.807, 2.05) is 0 Å². The zero-order valence-electron chi connectivity index (χ0n) is 20.6. The van der Waals surface area contributed by atoms with E-state index in [2.05, 4.69) is 45.6 Å². The van der Waals surface area contributed by atoms with Crippen LogP contribution in [0.5, 0.6) is 0 Å². The molecule has 0 unspecified atom stereocenters. The minimum atomic E-state index is -2.84. The third-order valence-corrected chi connectivity index (χ3v) is 6.43. The van der Waals surface area contributed by atoms with Gasteiger partial charge in [0.15, 0.2) is 17.3 Å². The fraction of sp³-hybridized carbons (Fsp3) is 0.333. The Balaban J connectivity index is 1.39. The van der Waals surface area contributed by atoms with E-state index in [0.29, 0.717) is 5.56 Å². The number of aliphatic carboxylic acids is 2. The number of rotatable bonds is 10. The van der Waals surface area contributed by atoms with Gasteiger partial charge in [-0.2, -0.15) is 0 Å². The summed E-state index contributed by atoms with van der Waals surface area (Å²) in [6.45, 7) is -1.61. The van der Waals surface area contributed by atoms with Crippen LogP contribution < -0.4 is 5.73 Å². The number of aliphatic hydroxyl groups excluding tert-OH is 1. The van der Waals surface area contributed by atoms with Crippen LogP contribution in [0.3, 0.4) is 0 Å². The molecule has 1 fully saturated rings. The van der Waals surface area contributed by atoms with Crippen LogP contribution in [-0.2, 0) is 31.3 Å². The van der Waals surface area contributed by atoms with Crippen molar-refractivity contribution in [3.05, 3.63) is 46.6 Å². The average Bonchev–Trinajstić information content (AvgIpc) is 3.68. The van der Waals surface area contributed by atoms with Gasteiger partial charge in [-0.15, -0.1) is 5.10 Å². The minimum Gasteiger partial charge on any atom is -0.479 e. The molecule has 0 amide bonds. The molecular formula is C21H19FN12O7. The number of tetrazole rings is 1. The molecule has 1 aliphatic heterocycles. The molecule has 3 atom stereocenters. The van der Waals surface area contributed by atoms with Gasteiger partial charge in [-0.1, -0.05) is 18.2 Å². The first-order valence-corrected chi connectivity index (χ1v) is 11.6. The van der Waals surface area contributed by atoms with E-state index in [1.54, 1.807) is 12.1 Å². The first kappa shape index (κ1) is 27.3. The second-order valence-electron chi connectivity index (χ2n) is 8.87. The first-order valence-electron chi connectivity index (χ1n) is 11.6. The van der Waals surface area contributed by atoms with Crippen molar-refractivity contribution in [2.45, 2.75) is 30.0 Å². The third kappa shape index (κ3) is 4.72. The van der Waals surface area contributed by atoms with Gasteiger partial charge in [0.05, 0.1) is 12.9 Å². The Labute approximate surface area is 226 Å². The number of fused-ring (bicyclic) bond motifs is 1. The van der Waals surface area contributed by atoms with Crippen LogP contribution in [0.1, 0.15) is 5.56 Å². The fourth-order valence-electron chi connectivity index (χ4n) is 4.34. The van der Waals surface area contributed by atoms with Crippen LogP contribution in [0.4, 0.5) is 16.2 Å². The van der Waals surface area contributed by atoms with Crippen molar-refractivity contribution in [3.63, 3.8) is 0 Å². The number of carboxylic acids is 2. The highest BCUT2D eigenvalue weighted by Gasteiger charge is 2.55. The van der Waals surface area contributed by atoms with E-state index in [4.69, 9.17) is 20.7 Å². The molecule has 20 heteroatoms. The van der Waals surface area contributed by atoms with Crippen molar-refractivity contribution < 1.29 is 38.8 Å². The van der Waals surface area contributed by atoms with Crippen molar-refractivity contribution in [2.75, 3.05) is 18.9 Å². The molecule has 0 saturated carbocycles. The van der Waals surface area contributed by atoms with E-state index in [0.717, 1.165) is 10.9 Å². The van der Waals surface area contributed by atoms with Gasteiger partial charge in [-0.25, -0.2) is 34.0 Å². The van der Waals surface area contributed by atoms with Gasteiger partial charge in [-0.3, -0.25) is 4.57 Å². The summed E-state index contributed by atoms with van der Waals surface area (Å²) in [6.07, 6.45) is -3.21. The highest BCUT2D eigenvalue weighted by molar-refractivity contribution is 6.02. The molecule has 4 heterocycles. The Morgan fingerprint density at radius 3 is 2.83 bits per heavy atom. The lowest BCUT2D eigenvalue weighted by Crippen LogP contribution is -2.53. The van der Waals surface area contributed by atoms with Gasteiger partial charge in [0.2, 0.25) is 11.7 Å². The number of anilines is 1. The Morgan fingerprint density at radius 1 is 1.37 bits per heavy atom. The number of alkyl halides is 1. The zero-order valence-corrected chi connectivity index (χ0v) is 20.6. The molecule has 0 bridgehead atoms. The molecule has 6 N–H and O–H groups in total. The normalized spacial score (nSPS) is 20.6. The predicted molar refractivity (Wildman–Crippen MR) is 131 cm³/mol. The van der Waals surface area contributed by atoms with Crippen molar-refractivity contribution in [1.29, 1.82) is 0 Å². The Kier molecular flexibility index (Phi) is 6.89. The molecule has 3 aromatic heterocycles. The third-order valence-electron chi connectivity index (χ3n) is 6.43. The Bertz CT molecular complexity index is 1660. The number of H-pyrrole nitrogens is 1. The van der Waals surface area contributed by atoms with Crippen molar-refractivity contribution in [2.24, 2.45) is 5.11 Å². The average molecular weight is 570 g/mol. The molecule has 1 aromatic carbocycles. The number of imidazole rings is 1. The van der Waals surface area contributed by atoms with Gasteiger partial charge >= 0.3 is 11.9 Å². The number of aromatic nitrogens is 8. The van der Waals surface area contributed by atoms with Gasteiger partial charge in [-0.05, 0) is 32.7 Å². The van der Waals surface area contributed by atoms with Gasteiger partial charge in [0.25, 0.3) is 5.60 Å². The highest BCUT2D eigenvalue weighted by atomic mass is 19.1. The smallest absolute Gasteiger partial charge is 0.348 e. The van der Waals surface area contributed by atoms with E-state index in [-0.39, 0.29) is 28.4 Å². The summed E-state index contributed by atoms with van der Waals surface area (Å²) in [4.78, 5) is 38.7. The van der Waals surface area contributed by atoms with Crippen LogP contribution >= 0.6 is 0 Å². The number of azide groups is 1. The molecule has 5 rings (SSSR count). The molecule has 1 saturated heterocycles. The molecule has 41 heavy (non-hydrogen) atoms. The largest absolute Gasteiger partial charge is 0.479 e. The lowest BCUT2D eigenvalue weighted by atomic mass is 9.93. The number of carboxylic acid groups (broad SMARTS) is 2. The van der Waals surface area contributed by atoms with Crippen LogP contribution in [0.2, 0.25) is 0 Å². The quantitative estimate of drug-likeness (QED) is 0.0730. The van der Waals surface area contributed by atoms with Crippen molar-refractivity contribution >= 4 is 34.9 Å². The number of aromatic amines is 1. The Morgan fingerprint density at radius 2 is 2.15 bits per heavy atom. The number of hydrogen-bond acceptors (Lipinski definition) is 13. The molecule has 19 nitrogen and oxygen atoms in total. The maximum atomic E-state index is 16.2. The van der Waals surface area contributed by atoms with Crippen LogP contribution in [0.25, 0.3) is 33.0 Å².